The van der Waals surface area contributed by atoms with Crippen LogP contribution in [0.5, 0.6) is 0 Å². The van der Waals surface area contributed by atoms with Crippen molar-refractivity contribution in [1.29, 1.82) is 0 Å². The third-order valence-corrected chi connectivity index (χ3v) is 5.99. The van der Waals surface area contributed by atoms with E-state index in [1.807, 2.05) is 37.4 Å². The number of hydrogen-bond donors (Lipinski definition) is 2. The summed E-state index contributed by atoms with van der Waals surface area (Å²) < 4.78 is 23.7. The monoisotopic (exact) mass is 478 g/mol. The number of ether oxygens (including phenoxy) is 2. The van der Waals surface area contributed by atoms with Crippen LogP contribution in [-0.2, 0) is 9.47 Å². The quantitative estimate of drug-likeness (QED) is 0.312. The number of fused-ring (bicyclic) bond motifs is 1. The van der Waals surface area contributed by atoms with Crippen LogP contribution in [0.15, 0.2) is 66.4 Å². The van der Waals surface area contributed by atoms with Gasteiger partial charge < -0.3 is 19.7 Å². The third-order valence-electron chi connectivity index (χ3n) is 5.99. The molecular weight excluding hydrogens is 447 g/mol. The lowest BCUT2D eigenvalue weighted by atomic mass is 10.0. The van der Waals surface area contributed by atoms with Gasteiger partial charge in [-0.25, -0.2) is 14.4 Å². The molecule has 2 heterocycles. The van der Waals surface area contributed by atoms with Gasteiger partial charge in [0.15, 0.2) is 0 Å². The molecule has 0 fully saturated rings. The van der Waals surface area contributed by atoms with E-state index in [1.54, 1.807) is 26.6 Å². The summed E-state index contributed by atoms with van der Waals surface area (Å²) in [4.78, 5) is 16.2. The summed E-state index contributed by atoms with van der Waals surface area (Å²) in [5, 5.41) is 5.78. The Bertz CT molecular complexity index is 1200. The fourth-order valence-electron chi connectivity index (χ4n) is 4.13. The summed E-state index contributed by atoms with van der Waals surface area (Å²) >= 11 is 0. The minimum Gasteiger partial charge on any atom is -0.501 e. The lowest BCUT2D eigenvalue weighted by Gasteiger charge is -2.34. The van der Waals surface area contributed by atoms with E-state index in [1.165, 1.54) is 0 Å². The first-order valence-electron chi connectivity index (χ1n) is 11.6. The molecule has 1 atom stereocenters. The molecule has 0 aliphatic heterocycles. The molecule has 2 aromatic heterocycles. The van der Waals surface area contributed by atoms with E-state index in [0.717, 1.165) is 58.3 Å². The molecule has 184 valence electrons. The number of alkyl halides is 1. The Balaban J connectivity index is 1.67. The highest BCUT2D eigenvalue weighted by Crippen LogP contribution is 2.29. The van der Waals surface area contributed by atoms with Crippen LogP contribution in [0.1, 0.15) is 12.8 Å². The molecule has 2 N–H and O–H groups in total. The fourth-order valence-corrected chi connectivity index (χ4v) is 4.13. The first-order chi connectivity index (χ1) is 17.1. The van der Waals surface area contributed by atoms with Crippen molar-refractivity contribution < 1.29 is 13.9 Å². The Morgan fingerprint density at radius 1 is 1.09 bits per heavy atom. The largest absolute Gasteiger partial charge is 0.501 e. The fraction of sp³-hybridized carbons (Fsp3) is 0.346. The molecule has 0 saturated heterocycles. The van der Waals surface area contributed by atoms with E-state index in [0.29, 0.717) is 13.0 Å². The summed E-state index contributed by atoms with van der Waals surface area (Å²) in [7, 11) is 5.15. The number of anilines is 2. The molecule has 1 aliphatic rings. The molecule has 1 unspecified atom stereocenters. The van der Waals surface area contributed by atoms with Gasteiger partial charge in [-0.3, -0.25) is 10.3 Å². The van der Waals surface area contributed by atoms with Gasteiger partial charge >= 0.3 is 0 Å². The molecule has 1 aromatic carbocycles. The van der Waals surface area contributed by atoms with Crippen molar-refractivity contribution >= 4 is 22.5 Å². The molecule has 4 rings (SSSR count). The van der Waals surface area contributed by atoms with Crippen molar-refractivity contribution in [3.8, 4) is 11.3 Å². The lowest BCUT2D eigenvalue weighted by Crippen LogP contribution is -2.37. The highest BCUT2D eigenvalue weighted by atomic mass is 19.1. The number of nitrogens with zero attached hydrogens (tertiary/aromatic N) is 4. The van der Waals surface area contributed by atoms with Gasteiger partial charge in [0.25, 0.3) is 0 Å². The molecule has 9 heteroatoms. The van der Waals surface area contributed by atoms with E-state index in [4.69, 9.17) is 14.5 Å². The van der Waals surface area contributed by atoms with Crippen LogP contribution >= 0.6 is 0 Å². The first kappa shape index (κ1) is 24.4. The molecule has 3 aromatic rings. The van der Waals surface area contributed by atoms with E-state index in [2.05, 4.69) is 37.6 Å². The van der Waals surface area contributed by atoms with Gasteiger partial charge in [-0.15, -0.1) is 0 Å². The van der Waals surface area contributed by atoms with Crippen molar-refractivity contribution in [2.45, 2.75) is 18.9 Å². The van der Waals surface area contributed by atoms with Gasteiger partial charge in [0.1, 0.15) is 24.1 Å². The van der Waals surface area contributed by atoms with E-state index >= 15 is 0 Å². The highest BCUT2D eigenvalue weighted by molar-refractivity contribution is 5.81. The summed E-state index contributed by atoms with van der Waals surface area (Å²) in [6.45, 7) is 0.767. The minimum atomic E-state index is -0.536. The summed E-state index contributed by atoms with van der Waals surface area (Å²) in [6, 6.07) is 9.98. The standard InChI is InChI=1S/C26H31FN6O2/c1-28-26-8-5-18(15-31-26)25-16-30-23-7-6-19(13-24(23)32-25)33(10-4-9-29-17-27)20-11-21(34-2)14-22(12-20)35-3/h5-8,11,13-16,20,29H,4,9-10,12,17H2,1-3H3,(H,28,31). The number of hydrogen-bond acceptors (Lipinski definition) is 8. The number of nitrogens with one attached hydrogen (secondary N) is 2. The molecular formula is C26H31FN6O2. The zero-order valence-electron chi connectivity index (χ0n) is 20.3. The zero-order valence-corrected chi connectivity index (χ0v) is 20.3. The van der Waals surface area contributed by atoms with Gasteiger partial charge in [-0.2, -0.15) is 0 Å². The SMILES string of the molecule is CNc1ccc(-c2cnc3ccc(N(CCCNCF)C4C=C(OC)C=C(OC)C4)cc3n2)cn1. The average molecular weight is 479 g/mol. The molecule has 0 radical (unpaired) electrons. The maximum absolute atomic E-state index is 12.6. The van der Waals surface area contributed by atoms with Crippen molar-refractivity contribution in [3.63, 3.8) is 0 Å². The number of methoxy groups -OCH3 is 2. The van der Waals surface area contributed by atoms with Crippen LogP contribution in [0.2, 0.25) is 0 Å². The summed E-state index contributed by atoms with van der Waals surface area (Å²) in [5.41, 5.74) is 4.26. The van der Waals surface area contributed by atoms with Crippen LogP contribution in [0.25, 0.3) is 22.3 Å². The van der Waals surface area contributed by atoms with Crippen LogP contribution in [-0.4, -0.2) is 62.1 Å². The first-order valence-corrected chi connectivity index (χ1v) is 11.6. The van der Waals surface area contributed by atoms with Crippen molar-refractivity contribution in [1.82, 2.24) is 20.3 Å². The van der Waals surface area contributed by atoms with Gasteiger partial charge in [0.2, 0.25) is 0 Å². The maximum Gasteiger partial charge on any atom is 0.140 e. The number of aromatic nitrogens is 3. The smallest absolute Gasteiger partial charge is 0.140 e. The average Bonchev–Trinajstić information content (AvgIpc) is 2.92. The predicted molar refractivity (Wildman–Crippen MR) is 137 cm³/mol. The molecule has 0 spiro atoms. The molecule has 35 heavy (non-hydrogen) atoms. The van der Waals surface area contributed by atoms with Gasteiger partial charge in [0, 0.05) is 43.5 Å². The van der Waals surface area contributed by atoms with Gasteiger partial charge in [0.05, 0.1) is 43.2 Å². The van der Waals surface area contributed by atoms with Crippen LogP contribution in [0.4, 0.5) is 15.9 Å². The number of rotatable bonds is 11. The van der Waals surface area contributed by atoms with Crippen LogP contribution in [0, 0.1) is 0 Å². The van der Waals surface area contributed by atoms with Crippen molar-refractivity contribution in [2.75, 3.05) is 51.4 Å². The Labute approximate surface area is 204 Å². The topological polar surface area (TPSA) is 84.4 Å². The molecule has 1 aliphatic carbocycles. The Morgan fingerprint density at radius 2 is 1.97 bits per heavy atom. The molecule has 0 bridgehead atoms. The van der Waals surface area contributed by atoms with Crippen LogP contribution < -0.4 is 15.5 Å². The summed E-state index contributed by atoms with van der Waals surface area (Å²) in [6.07, 6.45) is 9.02. The van der Waals surface area contributed by atoms with E-state index in [-0.39, 0.29) is 6.04 Å². The van der Waals surface area contributed by atoms with Crippen LogP contribution in [0.3, 0.4) is 0 Å². The predicted octanol–water partition coefficient (Wildman–Crippen LogP) is 4.28. The second kappa shape index (κ2) is 11.6. The number of pyridine rings is 1. The highest BCUT2D eigenvalue weighted by Gasteiger charge is 2.24. The van der Waals surface area contributed by atoms with E-state index < -0.39 is 6.80 Å². The van der Waals surface area contributed by atoms with Crippen molar-refractivity contribution in [3.05, 3.63) is 66.4 Å². The summed E-state index contributed by atoms with van der Waals surface area (Å²) in [5.74, 6) is 2.40. The molecule has 0 amide bonds. The molecule has 8 nitrogen and oxygen atoms in total. The minimum absolute atomic E-state index is 0.0159. The maximum atomic E-state index is 12.6. The third kappa shape index (κ3) is 5.86. The second-order valence-corrected chi connectivity index (χ2v) is 8.15. The van der Waals surface area contributed by atoms with Crippen molar-refractivity contribution in [2.24, 2.45) is 0 Å². The van der Waals surface area contributed by atoms with Gasteiger partial charge in [-0.1, -0.05) is 0 Å². The molecule has 0 saturated carbocycles. The Morgan fingerprint density at radius 3 is 2.69 bits per heavy atom. The number of halogens is 1. The second-order valence-electron chi connectivity index (χ2n) is 8.15. The Kier molecular flexibility index (Phi) is 8.10. The van der Waals surface area contributed by atoms with E-state index in [9.17, 15) is 4.39 Å². The zero-order chi connectivity index (χ0) is 24.6. The number of allylic oxidation sites excluding steroid dienone is 1. The number of benzene rings is 1. The normalized spacial score (nSPS) is 15.4. The lowest BCUT2D eigenvalue weighted by molar-refractivity contribution is 0.251. The van der Waals surface area contributed by atoms with Gasteiger partial charge in [-0.05, 0) is 49.4 Å². The Hall–Kier alpha value is -3.72.